The van der Waals surface area contributed by atoms with Crippen LogP contribution in [0.25, 0.3) is 0 Å². The van der Waals surface area contributed by atoms with E-state index >= 15 is 0 Å². The van der Waals surface area contributed by atoms with Crippen LogP contribution in [0.4, 0.5) is 0 Å². The number of unbranched alkanes of at least 4 members (excludes halogenated alkanes) is 6. The quantitative estimate of drug-likeness (QED) is 0.232. The highest BCUT2D eigenvalue weighted by Crippen LogP contribution is 2.19. The van der Waals surface area contributed by atoms with Crippen LogP contribution in [-0.4, -0.2) is 34.2 Å². The lowest BCUT2D eigenvalue weighted by Crippen LogP contribution is -2.38. The average Bonchev–Trinajstić information content (AvgIpc) is 2.45. The number of carbonyl (C=O) groups is 3. The number of rotatable bonds is 13. The van der Waals surface area contributed by atoms with Crippen molar-refractivity contribution in [2.45, 2.75) is 71.3 Å². The van der Waals surface area contributed by atoms with Gasteiger partial charge >= 0.3 is 17.9 Å². The van der Waals surface area contributed by atoms with E-state index in [0.29, 0.717) is 6.42 Å². The first-order valence-electron chi connectivity index (χ1n) is 8.13. The fraction of sp³-hybridized carbons (Fsp3) is 0.706. The highest BCUT2D eigenvalue weighted by atomic mass is 16.5. The SMILES string of the molecule is C=C(C)C(=O)OC(CCCCCCCCC)C(C(=O)O)C(=O)O. The zero-order chi connectivity index (χ0) is 17.8. The molecule has 0 rings (SSSR count). The molecular weight excluding hydrogens is 300 g/mol. The number of carbonyl (C=O) groups excluding carboxylic acids is 1. The highest BCUT2D eigenvalue weighted by Gasteiger charge is 2.37. The smallest absolute Gasteiger partial charge is 0.333 e. The average molecular weight is 328 g/mol. The van der Waals surface area contributed by atoms with Crippen LogP contribution < -0.4 is 0 Å². The molecular formula is C17H28O6. The third kappa shape index (κ3) is 9.01. The molecule has 0 aliphatic rings. The molecule has 0 saturated carbocycles. The molecule has 0 fully saturated rings. The Morgan fingerprint density at radius 2 is 1.43 bits per heavy atom. The minimum Gasteiger partial charge on any atom is -0.480 e. The van der Waals surface area contributed by atoms with Gasteiger partial charge in [0.1, 0.15) is 6.10 Å². The number of hydrogen-bond acceptors (Lipinski definition) is 4. The number of esters is 1. The van der Waals surface area contributed by atoms with Crippen molar-refractivity contribution in [3.05, 3.63) is 12.2 Å². The molecule has 1 unspecified atom stereocenters. The molecule has 0 bridgehead atoms. The Kier molecular flexibility index (Phi) is 10.7. The van der Waals surface area contributed by atoms with Gasteiger partial charge < -0.3 is 14.9 Å². The molecule has 132 valence electrons. The van der Waals surface area contributed by atoms with Gasteiger partial charge in [-0.15, -0.1) is 0 Å². The second-order valence-corrected chi connectivity index (χ2v) is 5.79. The van der Waals surface area contributed by atoms with E-state index in [1.54, 1.807) is 0 Å². The Labute approximate surface area is 137 Å². The standard InChI is InChI=1S/C17H28O6/c1-4-5-6-7-8-9-10-11-13(23-17(22)12(2)3)14(15(18)19)16(20)21/h13-14H,2,4-11H2,1,3H3,(H,18,19)(H,20,21). The summed E-state index contributed by atoms with van der Waals surface area (Å²) >= 11 is 0. The summed E-state index contributed by atoms with van der Waals surface area (Å²) in [6.45, 7) is 7.00. The van der Waals surface area contributed by atoms with Gasteiger partial charge in [-0.05, 0) is 19.8 Å². The summed E-state index contributed by atoms with van der Waals surface area (Å²) in [5, 5.41) is 18.1. The van der Waals surface area contributed by atoms with Crippen molar-refractivity contribution in [3.8, 4) is 0 Å². The fourth-order valence-corrected chi connectivity index (χ4v) is 2.26. The van der Waals surface area contributed by atoms with Gasteiger partial charge in [-0.1, -0.05) is 52.0 Å². The largest absolute Gasteiger partial charge is 0.480 e. The lowest BCUT2D eigenvalue weighted by molar-refractivity contribution is -0.166. The van der Waals surface area contributed by atoms with Crippen molar-refractivity contribution < 1.29 is 29.3 Å². The van der Waals surface area contributed by atoms with Gasteiger partial charge in [0.25, 0.3) is 0 Å². The highest BCUT2D eigenvalue weighted by molar-refractivity contribution is 5.94. The van der Waals surface area contributed by atoms with E-state index in [-0.39, 0.29) is 12.0 Å². The molecule has 0 aliphatic carbocycles. The molecule has 0 radical (unpaired) electrons. The summed E-state index contributed by atoms with van der Waals surface area (Å²) in [4.78, 5) is 33.9. The van der Waals surface area contributed by atoms with E-state index in [1.807, 2.05) is 0 Å². The predicted molar refractivity (Wildman–Crippen MR) is 86.1 cm³/mol. The minimum absolute atomic E-state index is 0.115. The van der Waals surface area contributed by atoms with Gasteiger partial charge in [-0.3, -0.25) is 9.59 Å². The number of ether oxygens (including phenoxy) is 1. The lowest BCUT2D eigenvalue weighted by atomic mass is 9.96. The molecule has 0 aromatic heterocycles. The summed E-state index contributed by atoms with van der Waals surface area (Å²) in [6, 6.07) is 0. The first-order valence-corrected chi connectivity index (χ1v) is 8.13. The Morgan fingerprint density at radius 3 is 1.87 bits per heavy atom. The molecule has 6 nitrogen and oxygen atoms in total. The lowest BCUT2D eigenvalue weighted by Gasteiger charge is -2.21. The molecule has 0 heterocycles. The van der Waals surface area contributed by atoms with E-state index in [2.05, 4.69) is 13.5 Å². The maximum Gasteiger partial charge on any atom is 0.333 e. The predicted octanol–water partition coefficient (Wildman–Crippen LogP) is 3.40. The molecule has 0 amide bonds. The van der Waals surface area contributed by atoms with Crippen molar-refractivity contribution in [2.24, 2.45) is 5.92 Å². The van der Waals surface area contributed by atoms with Gasteiger partial charge in [-0.2, -0.15) is 0 Å². The first-order chi connectivity index (χ1) is 10.8. The maximum absolute atomic E-state index is 11.6. The topological polar surface area (TPSA) is 101 Å². The maximum atomic E-state index is 11.6. The zero-order valence-electron chi connectivity index (χ0n) is 14.0. The summed E-state index contributed by atoms with van der Waals surface area (Å²) in [5.74, 6) is -5.51. The van der Waals surface area contributed by atoms with E-state index in [9.17, 15) is 14.4 Å². The first kappa shape index (κ1) is 21.1. The third-order valence-electron chi connectivity index (χ3n) is 3.60. The molecule has 1 atom stereocenters. The number of carboxylic acid groups (broad SMARTS) is 2. The molecule has 2 N–H and O–H groups in total. The molecule has 0 saturated heterocycles. The van der Waals surface area contributed by atoms with Crippen molar-refractivity contribution in [3.63, 3.8) is 0 Å². The van der Waals surface area contributed by atoms with Gasteiger partial charge in [0.2, 0.25) is 0 Å². The Morgan fingerprint density at radius 1 is 0.957 bits per heavy atom. The van der Waals surface area contributed by atoms with E-state index in [1.165, 1.54) is 13.3 Å². The van der Waals surface area contributed by atoms with Crippen LogP contribution in [-0.2, 0) is 19.1 Å². The summed E-state index contributed by atoms with van der Waals surface area (Å²) in [7, 11) is 0. The van der Waals surface area contributed by atoms with Gasteiger partial charge in [0.05, 0.1) is 0 Å². The van der Waals surface area contributed by atoms with Crippen LogP contribution in [0.2, 0.25) is 0 Å². The van der Waals surface area contributed by atoms with Gasteiger partial charge in [0.15, 0.2) is 5.92 Å². The molecule has 6 heteroatoms. The van der Waals surface area contributed by atoms with Crippen LogP contribution in [0.15, 0.2) is 12.2 Å². The van der Waals surface area contributed by atoms with Crippen LogP contribution in [0.5, 0.6) is 0 Å². The number of aliphatic carboxylic acids is 2. The van der Waals surface area contributed by atoms with Crippen molar-refractivity contribution in [2.75, 3.05) is 0 Å². The van der Waals surface area contributed by atoms with Crippen LogP contribution in [0.1, 0.15) is 65.2 Å². The van der Waals surface area contributed by atoms with Crippen molar-refractivity contribution in [1.29, 1.82) is 0 Å². The van der Waals surface area contributed by atoms with Gasteiger partial charge in [0, 0.05) is 5.57 Å². The molecule has 0 aliphatic heterocycles. The summed E-state index contributed by atoms with van der Waals surface area (Å²) in [5.41, 5.74) is 0.115. The Hall–Kier alpha value is -1.85. The van der Waals surface area contributed by atoms with E-state index in [0.717, 1.165) is 32.1 Å². The normalized spacial score (nSPS) is 12.0. The molecule has 0 spiro atoms. The number of hydrogen-bond donors (Lipinski definition) is 2. The number of carboxylic acids is 2. The summed E-state index contributed by atoms with van der Waals surface area (Å²) < 4.78 is 5.04. The second-order valence-electron chi connectivity index (χ2n) is 5.79. The van der Waals surface area contributed by atoms with Crippen LogP contribution >= 0.6 is 0 Å². The molecule has 0 aromatic carbocycles. The van der Waals surface area contributed by atoms with Crippen molar-refractivity contribution in [1.82, 2.24) is 0 Å². The van der Waals surface area contributed by atoms with E-state index < -0.39 is 29.9 Å². The summed E-state index contributed by atoms with van der Waals surface area (Å²) in [6.07, 6.45) is 6.15. The molecule has 23 heavy (non-hydrogen) atoms. The fourth-order valence-electron chi connectivity index (χ4n) is 2.26. The second kappa shape index (κ2) is 11.7. The van der Waals surface area contributed by atoms with Crippen LogP contribution in [0, 0.1) is 5.92 Å². The monoisotopic (exact) mass is 328 g/mol. The van der Waals surface area contributed by atoms with Crippen molar-refractivity contribution >= 4 is 17.9 Å². The molecule has 0 aromatic rings. The van der Waals surface area contributed by atoms with Gasteiger partial charge in [-0.25, -0.2) is 4.79 Å². The van der Waals surface area contributed by atoms with Crippen LogP contribution in [0.3, 0.4) is 0 Å². The Balaban J connectivity index is 4.54. The van der Waals surface area contributed by atoms with E-state index in [4.69, 9.17) is 14.9 Å². The zero-order valence-corrected chi connectivity index (χ0v) is 14.0. The third-order valence-corrected chi connectivity index (χ3v) is 3.60. The minimum atomic E-state index is -1.75. The Bertz CT molecular complexity index is 401.